The van der Waals surface area contributed by atoms with Gasteiger partial charge in [-0.05, 0) is 13.0 Å². The number of amides is 1. The van der Waals surface area contributed by atoms with Gasteiger partial charge in [0.25, 0.3) is 0 Å². The van der Waals surface area contributed by atoms with Gasteiger partial charge >= 0.3 is 0 Å². The number of carbonyl (C=O) groups excluding carboxylic acids is 1. The van der Waals surface area contributed by atoms with Crippen molar-refractivity contribution in [2.75, 3.05) is 11.4 Å². The molecule has 0 N–H and O–H groups in total. The third kappa shape index (κ3) is 2.50. The molecule has 1 unspecified atom stereocenters. The maximum absolute atomic E-state index is 11.8. The third-order valence-electron chi connectivity index (χ3n) is 3.01. The lowest BCUT2D eigenvalue weighted by Crippen LogP contribution is -2.24. The van der Waals surface area contributed by atoms with Crippen LogP contribution in [0.2, 0.25) is 0 Å². The highest BCUT2D eigenvalue weighted by atomic mass is 32.1. The van der Waals surface area contributed by atoms with Crippen molar-refractivity contribution < 1.29 is 4.79 Å². The standard InChI is InChI=1S/C13H13N3OS2/c1-8-3-2-4-9(5-8)12-14-15-13(19-12)16-7-10(18)6-11(16)17/h2-5,10,18H,6-7H2,1H3. The van der Waals surface area contributed by atoms with E-state index in [1.54, 1.807) is 4.90 Å². The fourth-order valence-electron chi connectivity index (χ4n) is 2.09. The van der Waals surface area contributed by atoms with Crippen molar-refractivity contribution in [1.82, 2.24) is 10.2 Å². The second-order valence-corrected chi connectivity index (χ2v) is 6.31. The largest absolute Gasteiger partial charge is 0.286 e. The molecule has 2 aromatic rings. The minimum Gasteiger partial charge on any atom is -0.286 e. The van der Waals surface area contributed by atoms with Crippen LogP contribution in [-0.4, -0.2) is 27.9 Å². The molecule has 1 aromatic heterocycles. The number of hydrogen-bond acceptors (Lipinski definition) is 5. The Balaban J connectivity index is 1.90. The Bertz CT molecular complexity index is 626. The minimum absolute atomic E-state index is 0.0759. The molecule has 2 heterocycles. The molecule has 0 saturated carbocycles. The Morgan fingerprint density at radius 1 is 1.42 bits per heavy atom. The van der Waals surface area contributed by atoms with Crippen molar-refractivity contribution in [3.05, 3.63) is 29.8 Å². The molecule has 1 aliphatic rings. The molecule has 4 nitrogen and oxygen atoms in total. The van der Waals surface area contributed by atoms with E-state index in [2.05, 4.69) is 28.9 Å². The van der Waals surface area contributed by atoms with Gasteiger partial charge in [-0.25, -0.2) is 0 Å². The van der Waals surface area contributed by atoms with Crippen molar-refractivity contribution >= 4 is 35.0 Å². The summed E-state index contributed by atoms with van der Waals surface area (Å²) in [6.45, 7) is 2.66. The second kappa shape index (κ2) is 4.94. The molecule has 19 heavy (non-hydrogen) atoms. The molecule has 1 amide bonds. The molecule has 1 aliphatic heterocycles. The van der Waals surface area contributed by atoms with Crippen LogP contribution in [0.25, 0.3) is 10.6 Å². The Kier molecular flexibility index (Phi) is 3.28. The summed E-state index contributed by atoms with van der Waals surface area (Å²) >= 11 is 5.79. The Morgan fingerprint density at radius 3 is 2.95 bits per heavy atom. The van der Waals surface area contributed by atoms with Crippen LogP contribution < -0.4 is 4.90 Å². The third-order valence-corrected chi connectivity index (χ3v) is 4.36. The lowest BCUT2D eigenvalue weighted by atomic mass is 10.1. The van der Waals surface area contributed by atoms with Gasteiger partial charge in [-0.1, -0.05) is 35.1 Å². The minimum atomic E-state index is 0.0759. The fraction of sp³-hybridized carbons (Fsp3) is 0.308. The number of carbonyl (C=O) groups is 1. The Hall–Kier alpha value is -1.40. The number of hydrogen-bond donors (Lipinski definition) is 1. The zero-order valence-electron chi connectivity index (χ0n) is 10.4. The van der Waals surface area contributed by atoms with E-state index in [0.29, 0.717) is 18.1 Å². The summed E-state index contributed by atoms with van der Waals surface area (Å²) in [5, 5.41) is 9.91. The number of aromatic nitrogens is 2. The summed E-state index contributed by atoms with van der Waals surface area (Å²) in [5.41, 5.74) is 2.22. The van der Waals surface area contributed by atoms with Crippen LogP contribution in [0, 0.1) is 6.92 Å². The van der Waals surface area contributed by atoms with E-state index in [0.717, 1.165) is 10.6 Å². The summed E-state index contributed by atoms with van der Waals surface area (Å²) in [6.07, 6.45) is 0.475. The first-order valence-corrected chi connectivity index (χ1v) is 7.36. The van der Waals surface area contributed by atoms with Crippen molar-refractivity contribution in [1.29, 1.82) is 0 Å². The average Bonchev–Trinajstić information content (AvgIpc) is 2.96. The normalized spacial score (nSPS) is 19.2. The average molecular weight is 291 g/mol. The molecule has 1 aromatic carbocycles. The highest BCUT2D eigenvalue weighted by molar-refractivity contribution is 7.81. The van der Waals surface area contributed by atoms with Crippen molar-refractivity contribution in [3.8, 4) is 10.6 Å². The quantitative estimate of drug-likeness (QED) is 0.865. The van der Waals surface area contributed by atoms with Gasteiger partial charge in [0.2, 0.25) is 11.0 Å². The maximum Gasteiger partial charge on any atom is 0.230 e. The molecule has 0 aliphatic carbocycles. The molecule has 3 rings (SSSR count). The molecule has 1 atom stereocenters. The van der Waals surface area contributed by atoms with Gasteiger partial charge in [-0.15, -0.1) is 10.2 Å². The Morgan fingerprint density at radius 2 is 2.26 bits per heavy atom. The lowest BCUT2D eigenvalue weighted by molar-refractivity contribution is -0.117. The van der Waals surface area contributed by atoms with Crippen LogP contribution in [0.4, 0.5) is 5.13 Å². The van der Waals surface area contributed by atoms with Gasteiger partial charge in [0.05, 0.1) is 0 Å². The van der Waals surface area contributed by atoms with E-state index in [1.807, 2.05) is 25.1 Å². The van der Waals surface area contributed by atoms with Gasteiger partial charge in [0.15, 0.2) is 0 Å². The summed E-state index contributed by atoms with van der Waals surface area (Å²) in [4.78, 5) is 13.5. The van der Waals surface area contributed by atoms with Crippen LogP contribution in [0.15, 0.2) is 24.3 Å². The molecular formula is C13H13N3OS2. The number of rotatable bonds is 2. The molecule has 1 saturated heterocycles. The summed E-state index contributed by atoms with van der Waals surface area (Å²) in [5.74, 6) is 0.0759. The molecule has 1 fully saturated rings. The zero-order valence-corrected chi connectivity index (χ0v) is 12.1. The van der Waals surface area contributed by atoms with Gasteiger partial charge in [-0.2, -0.15) is 12.6 Å². The number of anilines is 1. The Labute approximate surface area is 120 Å². The van der Waals surface area contributed by atoms with Crippen LogP contribution in [0.1, 0.15) is 12.0 Å². The predicted octanol–water partition coefficient (Wildman–Crippen LogP) is 2.55. The molecule has 0 spiro atoms. The highest BCUT2D eigenvalue weighted by Crippen LogP contribution is 2.31. The van der Waals surface area contributed by atoms with E-state index in [9.17, 15) is 4.79 Å². The molecule has 98 valence electrons. The maximum atomic E-state index is 11.8. The van der Waals surface area contributed by atoms with Crippen LogP contribution in [0.5, 0.6) is 0 Å². The summed E-state index contributed by atoms with van der Waals surface area (Å²) in [7, 11) is 0. The van der Waals surface area contributed by atoms with E-state index < -0.39 is 0 Å². The number of thiol groups is 1. The molecule has 0 radical (unpaired) electrons. The van der Waals surface area contributed by atoms with E-state index in [1.165, 1.54) is 16.9 Å². The molecule has 6 heteroatoms. The molecular weight excluding hydrogens is 278 g/mol. The lowest BCUT2D eigenvalue weighted by Gasteiger charge is -2.09. The van der Waals surface area contributed by atoms with E-state index >= 15 is 0 Å². The summed E-state index contributed by atoms with van der Waals surface area (Å²) < 4.78 is 0. The first-order valence-electron chi connectivity index (χ1n) is 6.02. The number of nitrogens with zero attached hydrogens (tertiary/aromatic N) is 3. The van der Waals surface area contributed by atoms with Crippen molar-refractivity contribution in [2.45, 2.75) is 18.6 Å². The SMILES string of the molecule is Cc1cccc(-c2nnc(N3CC(S)CC3=O)s2)c1. The zero-order chi connectivity index (χ0) is 13.4. The first-order chi connectivity index (χ1) is 9.13. The molecule has 0 bridgehead atoms. The van der Waals surface area contributed by atoms with Gasteiger partial charge in [0.1, 0.15) is 5.01 Å². The highest BCUT2D eigenvalue weighted by Gasteiger charge is 2.30. The van der Waals surface area contributed by atoms with Crippen LogP contribution in [-0.2, 0) is 4.79 Å². The van der Waals surface area contributed by atoms with Crippen molar-refractivity contribution in [2.24, 2.45) is 0 Å². The van der Waals surface area contributed by atoms with Crippen LogP contribution in [0.3, 0.4) is 0 Å². The summed E-state index contributed by atoms with van der Waals surface area (Å²) in [6, 6.07) is 8.11. The predicted molar refractivity (Wildman–Crippen MR) is 79.8 cm³/mol. The number of benzene rings is 1. The number of aryl methyl sites for hydroxylation is 1. The van der Waals surface area contributed by atoms with Gasteiger partial charge in [-0.3, -0.25) is 9.69 Å². The van der Waals surface area contributed by atoms with Gasteiger partial charge in [0, 0.05) is 23.8 Å². The topological polar surface area (TPSA) is 46.1 Å². The first kappa shape index (κ1) is 12.6. The van der Waals surface area contributed by atoms with E-state index in [4.69, 9.17) is 0 Å². The van der Waals surface area contributed by atoms with Gasteiger partial charge < -0.3 is 0 Å². The fourth-order valence-corrected chi connectivity index (χ4v) is 3.28. The van der Waals surface area contributed by atoms with E-state index in [-0.39, 0.29) is 11.2 Å². The smallest absolute Gasteiger partial charge is 0.230 e. The monoisotopic (exact) mass is 291 g/mol. The van der Waals surface area contributed by atoms with Crippen molar-refractivity contribution in [3.63, 3.8) is 0 Å². The second-order valence-electron chi connectivity index (χ2n) is 4.62. The van der Waals surface area contributed by atoms with Crippen LogP contribution >= 0.6 is 24.0 Å².